The summed E-state index contributed by atoms with van der Waals surface area (Å²) in [5, 5.41) is 13.0. The smallest absolute Gasteiger partial charge is 0.308 e. The highest BCUT2D eigenvalue weighted by Crippen LogP contribution is 2.22. The van der Waals surface area contributed by atoms with Crippen LogP contribution in [0.4, 0.5) is 0 Å². The van der Waals surface area contributed by atoms with Gasteiger partial charge in [-0.2, -0.15) is 0 Å². The van der Waals surface area contributed by atoms with Gasteiger partial charge in [-0.15, -0.1) is 0 Å². The van der Waals surface area contributed by atoms with Crippen molar-refractivity contribution in [3.05, 3.63) is 35.9 Å². The summed E-state index contributed by atoms with van der Waals surface area (Å²) in [5.41, 5.74) is 1.69. The number of carbonyl (C=O) groups excluding carboxylic acids is 1. The Morgan fingerprint density at radius 2 is 2.05 bits per heavy atom. The highest BCUT2D eigenvalue weighted by atomic mass is 16.6. The largest absolute Gasteiger partial charge is 0.481 e. The number of hydrogen-bond acceptors (Lipinski definition) is 4. The average molecular weight is 288 g/mol. The van der Waals surface area contributed by atoms with E-state index in [2.05, 4.69) is 5.16 Å². The normalized spacial score (nSPS) is 24.6. The van der Waals surface area contributed by atoms with Gasteiger partial charge in [0, 0.05) is 19.5 Å². The molecule has 0 aliphatic carbocycles. The molecule has 2 aliphatic heterocycles. The Kier molecular flexibility index (Phi) is 3.60. The Hall–Kier alpha value is -2.37. The molecule has 1 aromatic rings. The first-order valence-corrected chi connectivity index (χ1v) is 6.95. The van der Waals surface area contributed by atoms with Gasteiger partial charge in [0.1, 0.15) is 0 Å². The molecule has 0 saturated carbocycles. The molecule has 0 bridgehead atoms. The van der Waals surface area contributed by atoms with Crippen LogP contribution in [0.1, 0.15) is 18.4 Å². The summed E-state index contributed by atoms with van der Waals surface area (Å²) in [6, 6.07) is 9.57. The first-order chi connectivity index (χ1) is 10.1. The predicted octanol–water partition coefficient (Wildman–Crippen LogP) is 1.11. The fourth-order valence-corrected chi connectivity index (χ4v) is 2.68. The Balaban J connectivity index is 1.60. The summed E-state index contributed by atoms with van der Waals surface area (Å²) in [4.78, 5) is 30.1. The molecule has 0 spiro atoms. The molecule has 21 heavy (non-hydrogen) atoms. The van der Waals surface area contributed by atoms with Crippen molar-refractivity contribution < 1.29 is 19.5 Å². The molecule has 3 rings (SSSR count). The molecule has 2 unspecified atom stereocenters. The van der Waals surface area contributed by atoms with Crippen molar-refractivity contribution in [1.82, 2.24) is 4.90 Å². The molecule has 1 saturated heterocycles. The quantitative estimate of drug-likeness (QED) is 0.903. The third-order valence-electron chi connectivity index (χ3n) is 3.90. The third kappa shape index (κ3) is 2.74. The highest BCUT2D eigenvalue weighted by molar-refractivity contribution is 6.04. The summed E-state index contributed by atoms with van der Waals surface area (Å²) in [7, 11) is 0. The number of carboxylic acids is 1. The van der Waals surface area contributed by atoms with Crippen LogP contribution in [-0.4, -0.2) is 46.8 Å². The Bertz CT molecular complexity index is 585. The number of carbonyl (C=O) groups is 2. The molecular formula is C15H16N2O4. The molecule has 6 heteroatoms. The van der Waals surface area contributed by atoms with Crippen molar-refractivity contribution in [2.45, 2.75) is 18.9 Å². The molecule has 6 nitrogen and oxygen atoms in total. The minimum atomic E-state index is -0.848. The van der Waals surface area contributed by atoms with E-state index < -0.39 is 18.0 Å². The minimum absolute atomic E-state index is 0.173. The Morgan fingerprint density at radius 3 is 2.71 bits per heavy atom. The zero-order chi connectivity index (χ0) is 14.8. The van der Waals surface area contributed by atoms with Crippen LogP contribution in [0, 0.1) is 5.92 Å². The van der Waals surface area contributed by atoms with Gasteiger partial charge in [0.25, 0.3) is 5.91 Å². The number of benzene rings is 1. The molecule has 1 amide bonds. The zero-order valence-corrected chi connectivity index (χ0v) is 11.4. The first kappa shape index (κ1) is 13.6. The van der Waals surface area contributed by atoms with Gasteiger partial charge in [-0.3, -0.25) is 9.59 Å². The van der Waals surface area contributed by atoms with E-state index in [1.54, 1.807) is 4.90 Å². The lowest BCUT2D eigenvalue weighted by Gasteiger charge is -2.18. The number of likely N-dealkylation sites (tertiary alicyclic amines) is 1. The topological polar surface area (TPSA) is 79.2 Å². The van der Waals surface area contributed by atoms with Gasteiger partial charge in [-0.1, -0.05) is 35.5 Å². The highest BCUT2D eigenvalue weighted by Gasteiger charge is 2.37. The van der Waals surface area contributed by atoms with Crippen LogP contribution >= 0.6 is 0 Å². The van der Waals surface area contributed by atoms with Crippen molar-refractivity contribution in [3.63, 3.8) is 0 Å². The van der Waals surface area contributed by atoms with E-state index in [-0.39, 0.29) is 12.5 Å². The summed E-state index contributed by atoms with van der Waals surface area (Å²) >= 11 is 0. The van der Waals surface area contributed by atoms with Crippen LogP contribution in [0.3, 0.4) is 0 Å². The molecule has 110 valence electrons. The van der Waals surface area contributed by atoms with E-state index in [0.717, 1.165) is 11.3 Å². The maximum absolute atomic E-state index is 12.3. The molecule has 2 aliphatic rings. The zero-order valence-electron chi connectivity index (χ0n) is 11.4. The van der Waals surface area contributed by atoms with Crippen molar-refractivity contribution in [2.24, 2.45) is 11.1 Å². The molecular weight excluding hydrogens is 272 g/mol. The number of carboxylic acid groups (broad SMARTS) is 1. The second-order valence-corrected chi connectivity index (χ2v) is 5.31. The summed E-state index contributed by atoms with van der Waals surface area (Å²) < 4.78 is 0. The van der Waals surface area contributed by atoms with Gasteiger partial charge in [-0.25, -0.2) is 0 Å². The number of rotatable bonds is 3. The van der Waals surface area contributed by atoms with Crippen LogP contribution < -0.4 is 0 Å². The van der Waals surface area contributed by atoms with E-state index in [4.69, 9.17) is 9.94 Å². The van der Waals surface area contributed by atoms with Crippen LogP contribution in [0.25, 0.3) is 0 Å². The predicted molar refractivity (Wildman–Crippen MR) is 74.8 cm³/mol. The van der Waals surface area contributed by atoms with Gasteiger partial charge in [0.2, 0.25) is 6.10 Å². The Morgan fingerprint density at radius 1 is 1.29 bits per heavy atom. The van der Waals surface area contributed by atoms with E-state index in [9.17, 15) is 9.59 Å². The monoisotopic (exact) mass is 288 g/mol. The number of oxime groups is 1. The lowest BCUT2D eigenvalue weighted by molar-refractivity contribution is -0.143. The SMILES string of the molecule is O=C(O)C1CCN(C(=O)C2CC(c3ccccc3)=NO2)C1. The molecule has 0 aromatic heterocycles. The van der Waals surface area contributed by atoms with E-state index >= 15 is 0 Å². The molecule has 2 atom stereocenters. The van der Waals surface area contributed by atoms with Crippen LogP contribution in [-0.2, 0) is 14.4 Å². The number of hydrogen-bond donors (Lipinski definition) is 1. The van der Waals surface area contributed by atoms with Crippen LogP contribution in [0.5, 0.6) is 0 Å². The first-order valence-electron chi connectivity index (χ1n) is 6.95. The van der Waals surface area contributed by atoms with E-state index in [0.29, 0.717) is 19.4 Å². The standard InChI is InChI=1S/C15H16N2O4/c18-14(17-7-6-11(9-17)15(19)20)13-8-12(16-21-13)10-4-2-1-3-5-10/h1-5,11,13H,6-9H2,(H,19,20). The summed E-state index contributed by atoms with van der Waals surface area (Å²) in [5.74, 6) is -1.49. The third-order valence-corrected chi connectivity index (χ3v) is 3.90. The maximum atomic E-state index is 12.3. The Labute approximate surface area is 122 Å². The van der Waals surface area contributed by atoms with Gasteiger partial charge < -0.3 is 14.8 Å². The van der Waals surface area contributed by atoms with E-state index in [1.807, 2.05) is 30.3 Å². The number of nitrogens with zero attached hydrogens (tertiary/aromatic N) is 2. The maximum Gasteiger partial charge on any atom is 0.308 e. The second-order valence-electron chi connectivity index (χ2n) is 5.31. The summed E-state index contributed by atoms with van der Waals surface area (Å²) in [6.45, 7) is 0.727. The molecule has 2 heterocycles. The molecule has 1 aromatic carbocycles. The van der Waals surface area contributed by atoms with Crippen LogP contribution in [0.2, 0.25) is 0 Å². The fraction of sp³-hybridized carbons (Fsp3) is 0.400. The number of aliphatic carboxylic acids is 1. The second kappa shape index (κ2) is 5.55. The van der Waals surface area contributed by atoms with Gasteiger partial charge in [0.05, 0.1) is 11.6 Å². The molecule has 1 N–H and O–H groups in total. The lowest BCUT2D eigenvalue weighted by atomic mass is 10.0. The minimum Gasteiger partial charge on any atom is -0.481 e. The van der Waals surface area contributed by atoms with Gasteiger partial charge in [-0.05, 0) is 12.0 Å². The average Bonchev–Trinajstić information content (AvgIpc) is 3.17. The van der Waals surface area contributed by atoms with E-state index in [1.165, 1.54) is 0 Å². The van der Waals surface area contributed by atoms with Crippen LogP contribution in [0.15, 0.2) is 35.5 Å². The van der Waals surface area contributed by atoms with Gasteiger partial charge >= 0.3 is 5.97 Å². The summed E-state index contributed by atoms with van der Waals surface area (Å²) in [6.07, 6.45) is 0.296. The molecule has 1 fully saturated rings. The van der Waals surface area contributed by atoms with Crippen molar-refractivity contribution in [3.8, 4) is 0 Å². The fourth-order valence-electron chi connectivity index (χ4n) is 2.68. The lowest BCUT2D eigenvalue weighted by Crippen LogP contribution is -2.38. The molecule has 0 radical (unpaired) electrons. The van der Waals surface area contributed by atoms with Crippen molar-refractivity contribution in [1.29, 1.82) is 0 Å². The van der Waals surface area contributed by atoms with Gasteiger partial charge in [0.15, 0.2) is 0 Å². The van der Waals surface area contributed by atoms with Crippen molar-refractivity contribution in [2.75, 3.05) is 13.1 Å². The van der Waals surface area contributed by atoms with Crippen molar-refractivity contribution >= 4 is 17.6 Å². The number of amides is 1.